The van der Waals surface area contributed by atoms with Crippen LogP contribution < -0.4 is 11.1 Å². The van der Waals surface area contributed by atoms with E-state index < -0.39 is 17.9 Å². The molecule has 0 radical (unpaired) electrons. The lowest BCUT2D eigenvalue weighted by molar-refractivity contribution is -0.139. The first-order valence-corrected chi connectivity index (χ1v) is 6.01. The second kappa shape index (κ2) is 7.38. The van der Waals surface area contributed by atoms with Gasteiger partial charge in [0.1, 0.15) is 11.8 Å². The van der Waals surface area contributed by atoms with Crippen LogP contribution in [0.5, 0.6) is 5.75 Å². The number of phenolic OH excluding ortho intramolecular Hbond substituents is 1. The Morgan fingerprint density at radius 1 is 1.37 bits per heavy atom. The van der Waals surface area contributed by atoms with Gasteiger partial charge in [-0.1, -0.05) is 12.1 Å². The van der Waals surface area contributed by atoms with E-state index in [-0.39, 0.29) is 18.6 Å². The molecule has 5 N–H and O–H groups in total. The number of nitrogens with one attached hydrogen (secondary N) is 1. The zero-order chi connectivity index (χ0) is 14.3. The second-order valence-electron chi connectivity index (χ2n) is 4.27. The molecule has 1 atom stereocenters. The van der Waals surface area contributed by atoms with E-state index in [1.54, 1.807) is 18.2 Å². The lowest BCUT2D eigenvalue weighted by atomic mass is 10.1. The Morgan fingerprint density at radius 3 is 2.68 bits per heavy atom. The molecule has 0 aromatic heterocycles. The van der Waals surface area contributed by atoms with Crippen molar-refractivity contribution in [3.8, 4) is 5.75 Å². The summed E-state index contributed by atoms with van der Waals surface area (Å²) in [6.07, 6.45) is 0.801. The maximum absolute atomic E-state index is 11.0. The summed E-state index contributed by atoms with van der Waals surface area (Å²) >= 11 is 0. The minimum atomic E-state index is -1.00. The normalized spacial score (nSPS) is 12.0. The van der Waals surface area contributed by atoms with Gasteiger partial charge in [-0.15, -0.1) is 0 Å². The fraction of sp³-hybridized carbons (Fsp3) is 0.385. The van der Waals surface area contributed by atoms with Gasteiger partial charge in [-0.2, -0.15) is 0 Å². The molecular formula is C13H18N2O4. The van der Waals surface area contributed by atoms with Crippen LogP contribution in [0.15, 0.2) is 24.3 Å². The Morgan fingerprint density at radius 2 is 2.11 bits per heavy atom. The Hall–Kier alpha value is -2.08. The lowest BCUT2D eigenvalue weighted by Crippen LogP contribution is -2.38. The summed E-state index contributed by atoms with van der Waals surface area (Å²) in [4.78, 5) is 21.6. The summed E-state index contributed by atoms with van der Waals surface area (Å²) < 4.78 is 0. The SMILES string of the molecule is NC(=O)CC[C@@H](NCCc1cccc(O)c1)C(=O)O. The molecule has 1 rings (SSSR count). The van der Waals surface area contributed by atoms with Crippen molar-refractivity contribution in [1.82, 2.24) is 5.32 Å². The first-order valence-electron chi connectivity index (χ1n) is 6.01. The number of hydrogen-bond acceptors (Lipinski definition) is 4. The Kier molecular flexibility index (Phi) is 5.81. The summed E-state index contributed by atoms with van der Waals surface area (Å²) in [5.74, 6) is -1.33. The van der Waals surface area contributed by atoms with Gasteiger partial charge in [-0.25, -0.2) is 0 Å². The molecule has 0 spiro atoms. The van der Waals surface area contributed by atoms with Gasteiger partial charge in [-0.3, -0.25) is 9.59 Å². The van der Waals surface area contributed by atoms with Crippen LogP contribution >= 0.6 is 0 Å². The number of phenols is 1. The number of carboxylic acid groups (broad SMARTS) is 1. The highest BCUT2D eigenvalue weighted by atomic mass is 16.4. The van der Waals surface area contributed by atoms with E-state index in [1.807, 2.05) is 6.07 Å². The van der Waals surface area contributed by atoms with Crippen LogP contribution in [0.25, 0.3) is 0 Å². The topological polar surface area (TPSA) is 113 Å². The van der Waals surface area contributed by atoms with E-state index in [0.717, 1.165) is 5.56 Å². The number of carboxylic acids is 1. The van der Waals surface area contributed by atoms with Gasteiger partial charge in [0.05, 0.1) is 0 Å². The van der Waals surface area contributed by atoms with E-state index >= 15 is 0 Å². The van der Waals surface area contributed by atoms with Crippen molar-refractivity contribution in [3.63, 3.8) is 0 Å². The highest BCUT2D eigenvalue weighted by Crippen LogP contribution is 2.11. The molecule has 0 aliphatic rings. The molecule has 0 saturated heterocycles. The van der Waals surface area contributed by atoms with Crippen LogP contribution in [0.3, 0.4) is 0 Å². The van der Waals surface area contributed by atoms with Crippen molar-refractivity contribution >= 4 is 11.9 Å². The molecule has 0 saturated carbocycles. The zero-order valence-corrected chi connectivity index (χ0v) is 10.5. The summed E-state index contributed by atoms with van der Waals surface area (Å²) in [7, 11) is 0. The Labute approximate surface area is 111 Å². The van der Waals surface area contributed by atoms with Crippen LogP contribution in [-0.2, 0) is 16.0 Å². The van der Waals surface area contributed by atoms with Crippen molar-refractivity contribution < 1.29 is 19.8 Å². The standard InChI is InChI=1S/C13H18N2O4/c14-12(17)5-4-11(13(18)19)15-7-6-9-2-1-3-10(16)8-9/h1-3,8,11,15-16H,4-7H2,(H2,14,17)(H,18,19)/t11-/m1/s1. The lowest BCUT2D eigenvalue weighted by Gasteiger charge is -2.13. The number of amides is 1. The Bertz CT molecular complexity index is 448. The molecule has 0 aliphatic heterocycles. The van der Waals surface area contributed by atoms with Gasteiger partial charge in [0.25, 0.3) is 0 Å². The summed E-state index contributed by atoms with van der Waals surface area (Å²) in [6, 6.07) is 5.99. The molecule has 104 valence electrons. The third-order valence-electron chi connectivity index (χ3n) is 2.69. The first kappa shape index (κ1) is 15.0. The molecule has 0 aliphatic carbocycles. The third kappa shape index (κ3) is 5.87. The minimum absolute atomic E-state index is 0.0378. The number of primary amides is 1. The van der Waals surface area contributed by atoms with Crippen LogP contribution in [0, 0.1) is 0 Å². The molecule has 1 amide bonds. The molecule has 19 heavy (non-hydrogen) atoms. The van der Waals surface area contributed by atoms with Gasteiger partial charge >= 0.3 is 5.97 Å². The van der Waals surface area contributed by atoms with Crippen molar-refractivity contribution in [2.75, 3.05) is 6.54 Å². The van der Waals surface area contributed by atoms with Gasteiger partial charge < -0.3 is 21.3 Å². The molecule has 1 aromatic rings. The second-order valence-corrected chi connectivity index (χ2v) is 4.27. The van der Waals surface area contributed by atoms with E-state index in [9.17, 15) is 14.7 Å². The van der Waals surface area contributed by atoms with Gasteiger partial charge in [0, 0.05) is 6.42 Å². The fourth-order valence-electron chi connectivity index (χ4n) is 1.70. The molecule has 1 aromatic carbocycles. The van der Waals surface area contributed by atoms with E-state index in [2.05, 4.69) is 5.32 Å². The van der Waals surface area contributed by atoms with Gasteiger partial charge in [0.2, 0.25) is 5.91 Å². The highest BCUT2D eigenvalue weighted by Gasteiger charge is 2.16. The number of hydrogen-bond donors (Lipinski definition) is 4. The van der Waals surface area contributed by atoms with Gasteiger partial charge in [-0.05, 0) is 37.1 Å². The van der Waals surface area contributed by atoms with E-state index in [1.165, 1.54) is 0 Å². The number of aromatic hydroxyl groups is 1. The number of aliphatic carboxylic acids is 1. The molecule has 0 unspecified atom stereocenters. The molecule has 0 heterocycles. The Balaban J connectivity index is 2.39. The summed E-state index contributed by atoms with van der Waals surface area (Å²) in [5.41, 5.74) is 5.90. The molecular weight excluding hydrogens is 248 g/mol. The molecule has 6 heteroatoms. The summed E-state index contributed by atoms with van der Waals surface area (Å²) in [5, 5.41) is 21.1. The average Bonchev–Trinajstić information content (AvgIpc) is 2.32. The highest BCUT2D eigenvalue weighted by molar-refractivity contribution is 5.77. The molecule has 6 nitrogen and oxygen atoms in total. The molecule has 0 bridgehead atoms. The van der Waals surface area contributed by atoms with Crippen LogP contribution in [0.2, 0.25) is 0 Å². The smallest absolute Gasteiger partial charge is 0.320 e. The van der Waals surface area contributed by atoms with Crippen LogP contribution in [-0.4, -0.2) is 34.7 Å². The maximum atomic E-state index is 11.0. The largest absolute Gasteiger partial charge is 0.508 e. The number of nitrogens with two attached hydrogens (primary N) is 1. The number of carbonyl (C=O) groups excluding carboxylic acids is 1. The van der Waals surface area contributed by atoms with E-state index in [0.29, 0.717) is 13.0 Å². The number of rotatable bonds is 8. The number of benzene rings is 1. The van der Waals surface area contributed by atoms with Crippen molar-refractivity contribution in [2.24, 2.45) is 5.73 Å². The first-order chi connectivity index (χ1) is 8.99. The van der Waals surface area contributed by atoms with Crippen molar-refractivity contribution in [3.05, 3.63) is 29.8 Å². The van der Waals surface area contributed by atoms with Crippen molar-refractivity contribution in [1.29, 1.82) is 0 Å². The van der Waals surface area contributed by atoms with E-state index in [4.69, 9.17) is 10.8 Å². The monoisotopic (exact) mass is 266 g/mol. The third-order valence-corrected chi connectivity index (χ3v) is 2.69. The predicted octanol–water partition coefficient (Wildman–Crippen LogP) is 0.243. The zero-order valence-electron chi connectivity index (χ0n) is 10.5. The summed E-state index contributed by atoms with van der Waals surface area (Å²) in [6.45, 7) is 0.444. The predicted molar refractivity (Wildman–Crippen MR) is 69.7 cm³/mol. The van der Waals surface area contributed by atoms with Crippen LogP contribution in [0.1, 0.15) is 18.4 Å². The number of carbonyl (C=O) groups is 2. The minimum Gasteiger partial charge on any atom is -0.508 e. The maximum Gasteiger partial charge on any atom is 0.320 e. The average molecular weight is 266 g/mol. The quantitative estimate of drug-likeness (QED) is 0.538. The molecule has 0 fully saturated rings. The van der Waals surface area contributed by atoms with Crippen molar-refractivity contribution in [2.45, 2.75) is 25.3 Å². The van der Waals surface area contributed by atoms with Gasteiger partial charge in [0.15, 0.2) is 0 Å². The fourth-order valence-corrected chi connectivity index (χ4v) is 1.70. The van der Waals surface area contributed by atoms with Crippen LogP contribution in [0.4, 0.5) is 0 Å².